The highest BCUT2D eigenvalue weighted by Gasteiger charge is 2.11. The average Bonchev–Trinajstić information content (AvgIpc) is 3.04. The molecular formula is C18H16N4O2S. The van der Waals surface area contributed by atoms with Crippen LogP contribution >= 0.6 is 11.3 Å². The maximum atomic E-state index is 11.2. The quantitative estimate of drug-likeness (QED) is 0.396. The lowest BCUT2D eigenvalue weighted by atomic mass is 10.2. The van der Waals surface area contributed by atoms with Crippen molar-refractivity contribution >= 4 is 23.2 Å². The van der Waals surface area contributed by atoms with Gasteiger partial charge in [-0.2, -0.15) is 5.10 Å². The summed E-state index contributed by atoms with van der Waals surface area (Å²) in [6, 6.07) is 16.4. The number of para-hydroxylation sites is 1. The highest BCUT2D eigenvalue weighted by atomic mass is 32.1. The van der Waals surface area contributed by atoms with E-state index in [-0.39, 0.29) is 5.69 Å². The summed E-state index contributed by atoms with van der Waals surface area (Å²) in [5.41, 5.74) is 2.38. The zero-order valence-corrected chi connectivity index (χ0v) is 14.4. The monoisotopic (exact) mass is 352 g/mol. The van der Waals surface area contributed by atoms with E-state index >= 15 is 0 Å². The summed E-state index contributed by atoms with van der Waals surface area (Å²) in [5.74, 6) is 0. The van der Waals surface area contributed by atoms with Crippen LogP contribution in [-0.2, 0) is 0 Å². The number of hydrogen-bond acceptors (Lipinski definition) is 5. The minimum absolute atomic E-state index is 0.0253. The second-order valence-corrected chi connectivity index (χ2v) is 5.95. The minimum Gasteiger partial charge on any atom is -0.258 e. The van der Waals surface area contributed by atoms with Gasteiger partial charge in [0.1, 0.15) is 0 Å². The second-order valence-electron chi connectivity index (χ2n) is 5.12. The first-order valence-electron chi connectivity index (χ1n) is 7.75. The second kappa shape index (κ2) is 7.67. The molecule has 0 aliphatic carbocycles. The zero-order chi connectivity index (χ0) is 17.6. The lowest BCUT2D eigenvalue weighted by Crippen LogP contribution is -2.12. The lowest BCUT2D eigenvalue weighted by molar-refractivity contribution is -0.385. The normalized spacial score (nSPS) is 12.0. The van der Waals surface area contributed by atoms with E-state index in [4.69, 9.17) is 0 Å². The fraction of sp³-hybridized carbons (Fsp3) is 0.111. The van der Waals surface area contributed by atoms with Crippen LogP contribution in [0.5, 0.6) is 0 Å². The third-order valence-electron chi connectivity index (χ3n) is 3.49. The summed E-state index contributed by atoms with van der Waals surface area (Å²) in [5, 5.41) is 17.6. The van der Waals surface area contributed by atoms with Crippen LogP contribution in [0.25, 0.3) is 11.3 Å². The maximum Gasteiger partial charge on any atom is 0.278 e. The lowest BCUT2D eigenvalue weighted by Gasteiger charge is -2.03. The fourth-order valence-corrected chi connectivity index (χ4v) is 3.25. The third-order valence-corrected chi connectivity index (χ3v) is 4.35. The van der Waals surface area contributed by atoms with Crippen molar-refractivity contribution in [2.24, 2.45) is 10.1 Å². The summed E-state index contributed by atoms with van der Waals surface area (Å²) < 4.78 is 1.72. The van der Waals surface area contributed by atoms with Gasteiger partial charge in [0.05, 0.1) is 22.4 Å². The van der Waals surface area contributed by atoms with Gasteiger partial charge >= 0.3 is 0 Å². The van der Waals surface area contributed by atoms with Crippen LogP contribution in [0.4, 0.5) is 5.69 Å². The van der Waals surface area contributed by atoms with Gasteiger partial charge in [0.2, 0.25) is 4.80 Å². The Kier molecular flexibility index (Phi) is 5.15. The SMILES string of the molecule is CCN=c1scc(-c2ccccc2)n1/N=C\c1ccccc1[N+](=O)[O-]. The smallest absolute Gasteiger partial charge is 0.258 e. The van der Waals surface area contributed by atoms with Crippen LogP contribution in [0.1, 0.15) is 12.5 Å². The highest BCUT2D eigenvalue weighted by molar-refractivity contribution is 7.07. The van der Waals surface area contributed by atoms with Crippen molar-refractivity contribution in [3.8, 4) is 11.3 Å². The molecule has 0 fully saturated rings. The van der Waals surface area contributed by atoms with Crippen molar-refractivity contribution in [3.05, 3.63) is 80.5 Å². The molecule has 0 aliphatic heterocycles. The van der Waals surface area contributed by atoms with E-state index < -0.39 is 4.92 Å². The Bertz CT molecular complexity index is 974. The molecule has 0 atom stereocenters. The van der Waals surface area contributed by atoms with Crippen LogP contribution < -0.4 is 4.80 Å². The van der Waals surface area contributed by atoms with Crippen molar-refractivity contribution < 1.29 is 4.92 Å². The number of nitro benzene ring substituents is 1. The van der Waals surface area contributed by atoms with Crippen LogP contribution in [0.2, 0.25) is 0 Å². The van der Waals surface area contributed by atoms with E-state index in [2.05, 4.69) is 10.1 Å². The molecule has 7 heteroatoms. The summed E-state index contributed by atoms with van der Waals surface area (Å²) in [6.07, 6.45) is 1.51. The fourth-order valence-electron chi connectivity index (χ4n) is 2.34. The van der Waals surface area contributed by atoms with Gasteiger partial charge in [0.25, 0.3) is 5.69 Å². The highest BCUT2D eigenvalue weighted by Crippen LogP contribution is 2.20. The molecule has 0 saturated carbocycles. The van der Waals surface area contributed by atoms with Gasteiger partial charge in [-0.15, -0.1) is 11.3 Å². The summed E-state index contributed by atoms with van der Waals surface area (Å²) in [7, 11) is 0. The van der Waals surface area contributed by atoms with Crippen LogP contribution in [0.3, 0.4) is 0 Å². The average molecular weight is 352 g/mol. The molecular weight excluding hydrogens is 336 g/mol. The van der Waals surface area contributed by atoms with Crippen molar-refractivity contribution in [1.29, 1.82) is 0 Å². The molecule has 0 radical (unpaired) electrons. The molecule has 3 aromatic rings. The molecule has 1 aromatic heterocycles. The van der Waals surface area contributed by atoms with Gasteiger partial charge in [-0.1, -0.05) is 42.5 Å². The predicted molar refractivity (Wildman–Crippen MR) is 99.9 cm³/mol. The van der Waals surface area contributed by atoms with Gasteiger partial charge in [-0.25, -0.2) is 4.68 Å². The Labute approximate surface area is 148 Å². The summed E-state index contributed by atoms with van der Waals surface area (Å²) in [6.45, 7) is 2.59. The molecule has 25 heavy (non-hydrogen) atoms. The number of benzene rings is 2. The number of thiazole rings is 1. The summed E-state index contributed by atoms with van der Waals surface area (Å²) in [4.78, 5) is 16.0. The standard InChI is InChI=1S/C18H16N4O2S/c1-2-19-18-21(17(13-25-18)14-8-4-3-5-9-14)20-12-15-10-6-7-11-16(15)22(23)24/h3-13H,2H2,1H3/b19-18?,20-12-. The molecule has 3 rings (SSSR count). The van der Waals surface area contributed by atoms with E-state index in [1.165, 1.54) is 23.6 Å². The van der Waals surface area contributed by atoms with Crippen molar-refractivity contribution in [2.75, 3.05) is 6.54 Å². The predicted octanol–water partition coefficient (Wildman–Crippen LogP) is 3.93. The van der Waals surface area contributed by atoms with E-state index in [1.807, 2.05) is 42.6 Å². The number of rotatable bonds is 5. The van der Waals surface area contributed by atoms with Gasteiger partial charge in [-0.3, -0.25) is 15.1 Å². The number of aromatic nitrogens is 1. The van der Waals surface area contributed by atoms with Crippen LogP contribution in [-0.4, -0.2) is 22.4 Å². The Morgan fingerprint density at radius 2 is 1.88 bits per heavy atom. The Balaban J connectivity index is 2.10. The first-order valence-corrected chi connectivity index (χ1v) is 8.63. The van der Waals surface area contributed by atoms with E-state index in [0.717, 1.165) is 16.1 Å². The number of nitro groups is 1. The van der Waals surface area contributed by atoms with E-state index in [0.29, 0.717) is 12.1 Å². The molecule has 0 aliphatic rings. The van der Waals surface area contributed by atoms with Crippen molar-refractivity contribution in [2.45, 2.75) is 6.92 Å². The molecule has 0 bridgehead atoms. The summed E-state index contributed by atoms with van der Waals surface area (Å²) >= 11 is 1.49. The number of nitrogens with zero attached hydrogens (tertiary/aromatic N) is 4. The molecule has 0 N–H and O–H groups in total. The molecule has 0 unspecified atom stereocenters. The van der Waals surface area contributed by atoms with Gasteiger partial charge in [0, 0.05) is 23.6 Å². The van der Waals surface area contributed by atoms with E-state index in [1.54, 1.807) is 22.9 Å². The van der Waals surface area contributed by atoms with Crippen LogP contribution in [0.15, 0.2) is 70.1 Å². The van der Waals surface area contributed by atoms with E-state index in [9.17, 15) is 10.1 Å². The molecule has 2 aromatic carbocycles. The van der Waals surface area contributed by atoms with Gasteiger partial charge in [-0.05, 0) is 13.0 Å². The van der Waals surface area contributed by atoms with Crippen molar-refractivity contribution in [3.63, 3.8) is 0 Å². The third kappa shape index (κ3) is 3.72. The molecule has 126 valence electrons. The topological polar surface area (TPSA) is 72.8 Å². The molecule has 0 spiro atoms. The minimum atomic E-state index is -0.408. The largest absolute Gasteiger partial charge is 0.278 e. The zero-order valence-electron chi connectivity index (χ0n) is 13.6. The molecule has 6 nitrogen and oxygen atoms in total. The Morgan fingerprint density at radius 3 is 2.60 bits per heavy atom. The maximum absolute atomic E-state index is 11.2. The Morgan fingerprint density at radius 1 is 1.16 bits per heavy atom. The molecule has 0 saturated heterocycles. The first-order chi connectivity index (χ1) is 12.2. The number of hydrogen-bond donors (Lipinski definition) is 0. The van der Waals surface area contributed by atoms with Crippen molar-refractivity contribution in [1.82, 2.24) is 4.68 Å². The first kappa shape index (κ1) is 16.8. The molecule has 1 heterocycles. The van der Waals surface area contributed by atoms with Crippen LogP contribution in [0, 0.1) is 10.1 Å². The van der Waals surface area contributed by atoms with Gasteiger partial charge < -0.3 is 0 Å². The van der Waals surface area contributed by atoms with Gasteiger partial charge in [0.15, 0.2) is 0 Å². The molecule has 0 amide bonds. The Hall–Kier alpha value is -3.06.